The predicted molar refractivity (Wildman–Crippen MR) is 80.3 cm³/mol. The van der Waals surface area contributed by atoms with E-state index in [4.69, 9.17) is 10.5 Å². The van der Waals surface area contributed by atoms with E-state index in [2.05, 4.69) is 25.1 Å². The number of ether oxygens (including phenoxy) is 1. The van der Waals surface area contributed by atoms with Crippen LogP contribution in [-0.4, -0.2) is 12.6 Å². The molecule has 0 radical (unpaired) electrons. The zero-order chi connectivity index (χ0) is 13.5. The fourth-order valence-corrected chi connectivity index (χ4v) is 2.10. The van der Waals surface area contributed by atoms with E-state index in [9.17, 15) is 0 Å². The van der Waals surface area contributed by atoms with Gasteiger partial charge in [0, 0.05) is 11.6 Å². The van der Waals surface area contributed by atoms with Crippen LogP contribution in [0, 0.1) is 0 Å². The number of rotatable bonds is 6. The average Bonchev–Trinajstić information content (AvgIpc) is 2.47. The van der Waals surface area contributed by atoms with Gasteiger partial charge in [-0.05, 0) is 18.1 Å². The summed E-state index contributed by atoms with van der Waals surface area (Å²) in [5.74, 6) is 0.903. The van der Waals surface area contributed by atoms with Gasteiger partial charge in [-0.25, -0.2) is 0 Å². The normalized spacial score (nSPS) is 12.1. The molecule has 0 aliphatic heterocycles. The van der Waals surface area contributed by atoms with Crippen molar-refractivity contribution in [3.8, 4) is 16.9 Å². The van der Waals surface area contributed by atoms with E-state index in [1.165, 1.54) is 5.56 Å². The third-order valence-corrected chi connectivity index (χ3v) is 3.08. The highest BCUT2D eigenvalue weighted by Crippen LogP contribution is 2.29. The molecule has 100 valence electrons. The Morgan fingerprint density at radius 2 is 1.68 bits per heavy atom. The van der Waals surface area contributed by atoms with E-state index in [-0.39, 0.29) is 6.04 Å². The van der Waals surface area contributed by atoms with E-state index in [0.717, 1.165) is 24.2 Å². The van der Waals surface area contributed by atoms with Gasteiger partial charge in [-0.2, -0.15) is 0 Å². The Balaban J connectivity index is 2.13. The van der Waals surface area contributed by atoms with Crippen molar-refractivity contribution in [1.82, 2.24) is 0 Å². The van der Waals surface area contributed by atoms with E-state index in [1.54, 1.807) is 0 Å². The minimum absolute atomic E-state index is 0.105. The summed E-state index contributed by atoms with van der Waals surface area (Å²) in [5, 5.41) is 0. The van der Waals surface area contributed by atoms with Crippen molar-refractivity contribution in [2.75, 3.05) is 6.61 Å². The average molecular weight is 255 g/mol. The van der Waals surface area contributed by atoms with Crippen LogP contribution in [0.1, 0.15) is 19.8 Å². The molecule has 2 aromatic rings. The Bertz CT molecular complexity index is 496. The highest BCUT2D eigenvalue weighted by molar-refractivity contribution is 5.70. The molecule has 1 atom stereocenters. The van der Waals surface area contributed by atoms with Crippen LogP contribution in [0.15, 0.2) is 54.6 Å². The molecule has 0 aromatic heterocycles. The second-order valence-corrected chi connectivity index (χ2v) is 4.72. The minimum Gasteiger partial charge on any atom is -0.491 e. The lowest BCUT2D eigenvalue weighted by atomic mass is 10.0. The summed E-state index contributed by atoms with van der Waals surface area (Å²) in [5.41, 5.74) is 8.28. The van der Waals surface area contributed by atoms with Crippen LogP contribution in [0.2, 0.25) is 0 Å². The molecular formula is C17H21NO. The van der Waals surface area contributed by atoms with Crippen molar-refractivity contribution in [2.24, 2.45) is 5.73 Å². The second kappa shape index (κ2) is 6.95. The van der Waals surface area contributed by atoms with Gasteiger partial charge in [-0.1, -0.05) is 61.9 Å². The van der Waals surface area contributed by atoms with Crippen LogP contribution in [0.4, 0.5) is 0 Å². The van der Waals surface area contributed by atoms with Gasteiger partial charge < -0.3 is 10.5 Å². The molecule has 0 aliphatic carbocycles. The van der Waals surface area contributed by atoms with E-state index < -0.39 is 0 Å². The van der Waals surface area contributed by atoms with Gasteiger partial charge in [0.25, 0.3) is 0 Å². The van der Waals surface area contributed by atoms with Crippen LogP contribution in [0.5, 0.6) is 5.75 Å². The first-order chi connectivity index (χ1) is 9.31. The van der Waals surface area contributed by atoms with Gasteiger partial charge in [-0.3, -0.25) is 0 Å². The Kier molecular flexibility index (Phi) is 4.99. The van der Waals surface area contributed by atoms with Gasteiger partial charge in [0.15, 0.2) is 0 Å². The van der Waals surface area contributed by atoms with Crippen molar-refractivity contribution in [3.05, 3.63) is 54.6 Å². The molecule has 0 saturated heterocycles. The molecule has 2 nitrogen and oxygen atoms in total. The van der Waals surface area contributed by atoms with Crippen LogP contribution in [0.25, 0.3) is 11.1 Å². The summed E-state index contributed by atoms with van der Waals surface area (Å²) in [6, 6.07) is 18.5. The predicted octanol–water partition coefficient (Wildman–Crippen LogP) is 3.86. The highest BCUT2D eigenvalue weighted by atomic mass is 16.5. The molecule has 2 rings (SSSR count). The summed E-state index contributed by atoms with van der Waals surface area (Å²) >= 11 is 0. The van der Waals surface area contributed by atoms with Gasteiger partial charge in [0.05, 0.1) is 0 Å². The number of nitrogens with two attached hydrogens (primary N) is 1. The van der Waals surface area contributed by atoms with Gasteiger partial charge in [0.1, 0.15) is 12.4 Å². The Hall–Kier alpha value is -1.80. The van der Waals surface area contributed by atoms with Crippen LogP contribution in [-0.2, 0) is 0 Å². The zero-order valence-electron chi connectivity index (χ0n) is 11.4. The van der Waals surface area contributed by atoms with E-state index in [0.29, 0.717) is 6.61 Å². The molecule has 0 heterocycles. The third kappa shape index (κ3) is 3.83. The topological polar surface area (TPSA) is 35.2 Å². The van der Waals surface area contributed by atoms with E-state index in [1.807, 2.05) is 36.4 Å². The molecule has 0 spiro atoms. The summed E-state index contributed by atoms with van der Waals surface area (Å²) in [6.45, 7) is 2.70. The molecule has 0 aliphatic rings. The lowest BCUT2D eigenvalue weighted by Gasteiger charge is -2.15. The molecule has 2 N–H and O–H groups in total. The first-order valence-corrected chi connectivity index (χ1v) is 6.84. The molecule has 0 amide bonds. The lowest BCUT2D eigenvalue weighted by Crippen LogP contribution is -2.27. The van der Waals surface area contributed by atoms with E-state index >= 15 is 0 Å². The lowest BCUT2D eigenvalue weighted by molar-refractivity contribution is 0.282. The highest BCUT2D eigenvalue weighted by Gasteiger charge is 2.07. The largest absolute Gasteiger partial charge is 0.491 e. The van der Waals surface area contributed by atoms with Crippen molar-refractivity contribution < 1.29 is 4.74 Å². The molecular weight excluding hydrogens is 234 g/mol. The molecule has 2 aromatic carbocycles. The molecule has 0 saturated carbocycles. The first kappa shape index (κ1) is 13.6. The maximum Gasteiger partial charge on any atom is 0.127 e. The fraction of sp³-hybridized carbons (Fsp3) is 0.294. The van der Waals surface area contributed by atoms with Crippen molar-refractivity contribution in [2.45, 2.75) is 25.8 Å². The summed E-state index contributed by atoms with van der Waals surface area (Å²) in [6.07, 6.45) is 2.08. The van der Waals surface area contributed by atoms with Crippen LogP contribution < -0.4 is 10.5 Å². The summed E-state index contributed by atoms with van der Waals surface area (Å²) in [4.78, 5) is 0. The number of benzene rings is 2. The molecule has 0 bridgehead atoms. The monoisotopic (exact) mass is 255 g/mol. The number of para-hydroxylation sites is 1. The number of hydrogen-bond acceptors (Lipinski definition) is 2. The van der Waals surface area contributed by atoms with Gasteiger partial charge in [0.2, 0.25) is 0 Å². The minimum atomic E-state index is 0.105. The van der Waals surface area contributed by atoms with Crippen molar-refractivity contribution in [1.29, 1.82) is 0 Å². The van der Waals surface area contributed by atoms with Crippen molar-refractivity contribution in [3.63, 3.8) is 0 Å². The Morgan fingerprint density at radius 3 is 2.42 bits per heavy atom. The van der Waals surface area contributed by atoms with Gasteiger partial charge in [-0.15, -0.1) is 0 Å². The summed E-state index contributed by atoms with van der Waals surface area (Å²) in [7, 11) is 0. The molecule has 19 heavy (non-hydrogen) atoms. The fourth-order valence-electron chi connectivity index (χ4n) is 2.10. The third-order valence-electron chi connectivity index (χ3n) is 3.08. The van der Waals surface area contributed by atoms with Crippen LogP contribution in [0.3, 0.4) is 0 Å². The SMILES string of the molecule is CCCC(N)COc1ccccc1-c1ccccc1. The maximum atomic E-state index is 6.00. The second-order valence-electron chi connectivity index (χ2n) is 4.72. The van der Waals surface area contributed by atoms with Crippen LogP contribution >= 0.6 is 0 Å². The first-order valence-electron chi connectivity index (χ1n) is 6.84. The number of hydrogen-bond donors (Lipinski definition) is 1. The zero-order valence-corrected chi connectivity index (χ0v) is 11.4. The standard InChI is InChI=1S/C17H21NO/c1-2-8-15(18)13-19-17-12-7-6-11-16(17)14-9-4-3-5-10-14/h3-7,9-12,15H,2,8,13,18H2,1H3. The van der Waals surface area contributed by atoms with Gasteiger partial charge >= 0.3 is 0 Å². The molecule has 2 heteroatoms. The molecule has 0 fully saturated rings. The summed E-state index contributed by atoms with van der Waals surface area (Å²) < 4.78 is 5.88. The Labute approximate surface area is 115 Å². The quantitative estimate of drug-likeness (QED) is 0.850. The maximum absolute atomic E-state index is 6.00. The smallest absolute Gasteiger partial charge is 0.127 e. The Morgan fingerprint density at radius 1 is 1.00 bits per heavy atom. The molecule has 1 unspecified atom stereocenters. The van der Waals surface area contributed by atoms with Crippen molar-refractivity contribution >= 4 is 0 Å².